The molecule has 28 heavy (non-hydrogen) atoms. The lowest BCUT2D eigenvalue weighted by molar-refractivity contribution is -0.135. The van der Waals surface area contributed by atoms with E-state index < -0.39 is 0 Å². The number of thioether (sulfide) groups is 1. The van der Waals surface area contributed by atoms with Crippen LogP contribution in [0, 0.1) is 5.92 Å². The van der Waals surface area contributed by atoms with Gasteiger partial charge in [-0.1, -0.05) is 18.2 Å². The topological polar surface area (TPSA) is 40.6 Å². The van der Waals surface area contributed by atoms with E-state index in [1.54, 1.807) is 23.1 Å². The summed E-state index contributed by atoms with van der Waals surface area (Å²) in [5, 5.41) is 2.08. The molecule has 148 valence electrons. The van der Waals surface area contributed by atoms with Crippen LogP contribution in [0.3, 0.4) is 0 Å². The van der Waals surface area contributed by atoms with Gasteiger partial charge in [0, 0.05) is 47.6 Å². The predicted molar refractivity (Wildman–Crippen MR) is 115 cm³/mol. The van der Waals surface area contributed by atoms with Crippen molar-refractivity contribution in [3.8, 4) is 0 Å². The summed E-state index contributed by atoms with van der Waals surface area (Å²) in [5.74, 6) is 1.37. The standard InChI is InChI=1S/C22H26N2O2S2/c25-21(23-11-3-4-12-23)17-9-13-24(14-10-17)22(26)19-7-1-2-8-20(19)28-16-18-6-5-15-27-18/h1-2,5-8,15,17H,3-4,9-14,16H2. The molecule has 4 rings (SSSR count). The monoisotopic (exact) mass is 414 g/mol. The molecule has 4 nitrogen and oxygen atoms in total. The lowest BCUT2D eigenvalue weighted by Crippen LogP contribution is -2.43. The Kier molecular flexibility index (Phi) is 6.37. The lowest BCUT2D eigenvalue weighted by Gasteiger charge is -2.33. The number of hydrogen-bond acceptors (Lipinski definition) is 4. The molecule has 2 aliphatic rings. The zero-order valence-electron chi connectivity index (χ0n) is 16.0. The summed E-state index contributed by atoms with van der Waals surface area (Å²) in [5.41, 5.74) is 0.786. The molecule has 0 N–H and O–H groups in total. The smallest absolute Gasteiger partial charge is 0.254 e. The second-order valence-electron chi connectivity index (χ2n) is 7.46. The first-order chi connectivity index (χ1) is 13.7. The summed E-state index contributed by atoms with van der Waals surface area (Å²) in [6.07, 6.45) is 3.82. The molecular weight excluding hydrogens is 388 g/mol. The third-order valence-corrected chi connectivity index (χ3v) is 7.80. The van der Waals surface area contributed by atoms with Crippen molar-refractivity contribution in [2.24, 2.45) is 5.92 Å². The minimum absolute atomic E-state index is 0.0885. The Hall–Kier alpha value is -1.79. The van der Waals surface area contributed by atoms with Crippen LogP contribution >= 0.6 is 23.1 Å². The maximum absolute atomic E-state index is 13.1. The van der Waals surface area contributed by atoms with Crippen LogP contribution in [-0.2, 0) is 10.5 Å². The molecule has 0 bridgehead atoms. The van der Waals surface area contributed by atoms with Gasteiger partial charge in [-0.15, -0.1) is 23.1 Å². The van der Waals surface area contributed by atoms with Crippen molar-refractivity contribution in [2.45, 2.75) is 36.3 Å². The van der Waals surface area contributed by atoms with Crippen molar-refractivity contribution in [3.63, 3.8) is 0 Å². The fourth-order valence-electron chi connectivity index (χ4n) is 4.01. The number of hydrogen-bond donors (Lipinski definition) is 0. The van der Waals surface area contributed by atoms with E-state index >= 15 is 0 Å². The molecule has 0 aliphatic carbocycles. The molecule has 0 saturated carbocycles. The Balaban J connectivity index is 1.36. The van der Waals surface area contributed by atoms with Gasteiger partial charge in [-0.05, 0) is 49.3 Å². The van der Waals surface area contributed by atoms with Gasteiger partial charge in [-0.25, -0.2) is 0 Å². The van der Waals surface area contributed by atoms with Gasteiger partial charge < -0.3 is 9.80 Å². The number of carbonyl (C=O) groups excluding carboxylic acids is 2. The molecule has 0 atom stereocenters. The van der Waals surface area contributed by atoms with Gasteiger partial charge in [0.05, 0.1) is 5.56 Å². The molecule has 1 aromatic carbocycles. The number of thiophene rings is 1. The van der Waals surface area contributed by atoms with E-state index in [2.05, 4.69) is 17.5 Å². The average Bonchev–Trinajstić information content (AvgIpc) is 3.46. The van der Waals surface area contributed by atoms with Crippen molar-refractivity contribution in [1.29, 1.82) is 0 Å². The maximum atomic E-state index is 13.1. The highest BCUT2D eigenvalue weighted by Crippen LogP contribution is 2.30. The first-order valence-electron chi connectivity index (χ1n) is 10.0. The van der Waals surface area contributed by atoms with Gasteiger partial charge in [-0.3, -0.25) is 9.59 Å². The zero-order chi connectivity index (χ0) is 19.3. The molecule has 2 aliphatic heterocycles. The van der Waals surface area contributed by atoms with Crippen LogP contribution in [0.5, 0.6) is 0 Å². The van der Waals surface area contributed by atoms with Gasteiger partial charge in [0.15, 0.2) is 0 Å². The zero-order valence-corrected chi connectivity index (χ0v) is 17.6. The van der Waals surface area contributed by atoms with E-state index in [0.717, 1.165) is 55.0 Å². The van der Waals surface area contributed by atoms with E-state index in [-0.39, 0.29) is 11.8 Å². The maximum Gasteiger partial charge on any atom is 0.254 e. The first-order valence-corrected chi connectivity index (χ1v) is 11.9. The predicted octanol–water partition coefficient (Wildman–Crippen LogP) is 4.52. The van der Waals surface area contributed by atoms with Gasteiger partial charge in [0.1, 0.15) is 0 Å². The van der Waals surface area contributed by atoms with Crippen LogP contribution in [0.25, 0.3) is 0 Å². The van der Waals surface area contributed by atoms with Crippen molar-refractivity contribution in [2.75, 3.05) is 26.2 Å². The summed E-state index contributed by atoms with van der Waals surface area (Å²) >= 11 is 3.47. The Labute approximate surface area is 174 Å². The minimum Gasteiger partial charge on any atom is -0.342 e. The van der Waals surface area contributed by atoms with Crippen molar-refractivity contribution < 1.29 is 9.59 Å². The lowest BCUT2D eigenvalue weighted by atomic mass is 9.95. The Bertz CT molecular complexity index is 808. The molecular formula is C22H26N2O2S2. The normalized spacial score (nSPS) is 17.9. The molecule has 0 radical (unpaired) electrons. The highest BCUT2D eigenvalue weighted by atomic mass is 32.2. The molecule has 2 aromatic rings. The average molecular weight is 415 g/mol. The fourth-order valence-corrected chi connectivity index (χ4v) is 5.83. The van der Waals surface area contributed by atoms with Crippen LogP contribution < -0.4 is 0 Å². The highest BCUT2D eigenvalue weighted by Gasteiger charge is 2.31. The second-order valence-corrected chi connectivity index (χ2v) is 9.51. The molecule has 0 unspecified atom stereocenters. The SMILES string of the molecule is O=C(c1ccccc1SCc1cccs1)N1CCC(C(=O)N2CCCC2)CC1. The highest BCUT2D eigenvalue weighted by molar-refractivity contribution is 7.98. The Morgan fingerprint density at radius 2 is 1.71 bits per heavy atom. The van der Waals surface area contributed by atoms with Crippen LogP contribution in [0.15, 0.2) is 46.7 Å². The van der Waals surface area contributed by atoms with E-state index in [1.165, 1.54) is 4.88 Å². The van der Waals surface area contributed by atoms with E-state index in [1.807, 2.05) is 34.1 Å². The molecule has 6 heteroatoms. The number of likely N-dealkylation sites (tertiary alicyclic amines) is 2. The summed E-state index contributed by atoms with van der Waals surface area (Å²) in [4.78, 5) is 32.0. The Morgan fingerprint density at radius 3 is 2.43 bits per heavy atom. The fraction of sp³-hybridized carbons (Fsp3) is 0.455. The van der Waals surface area contributed by atoms with Crippen LogP contribution in [-0.4, -0.2) is 47.8 Å². The molecule has 2 fully saturated rings. The number of rotatable bonds is 5. The molecule has 0 spiro atoms. The summed E-state index contributed by atoms with van der Waals surface area (Å²) in [6, 6.07) is 12.1. The number of piperidine rings is 1. The van der Waals surface area contributed by atoms with Crippen LogP contribution in [0.2, 0.25) is 0 Å². The second kappa shape index (κ2) is 9.14. The van der Waals surface area contributed by atoms with E-state index in [9.17, 15) is 9.59 Å². The first kappa shape index (κ1) is 19.5. The van der Waals surface area contributed by atoms with Gasteiger partial charge in [0.25, 0.3) is 5.91 Å². The molecule has 2 amide bonds. The number of nitrogens with zero attached hydrogens (tertiary/aromatic N) is 2. The van der Waals surface area contributed by atoms with Crippen LogP contribution in [0.4, 0.5) is 0 Å². The molecule has 3 heterocycles. The van der Waals surface area contributed by atoms with Gasteiger partial charge >= 0.3 is 0 Å². The summed E-state index contributed by atoms with van der Waals surface area (Å²) in [6.45, 7) is 3.17. The Morgan fingerprint density at radius 1 is 0.964 bits per heavy atom. The number of carbonyl (C=O) groups is 2. The third kappa shape index (κ3) is 4.44. The van der Waals surface area contributed by atoms with Crippen molar-refractivity contribution in [3.05, 3.63) is 52.2 Å². The minimum atomic E-state index is 0.0885. The third-order valence-electron chi connectivity index (χ3n) is 5.62. The van der Waals surface area contributed by atoms with Crippen LogP contribution in [0.1, 0.15) is 40.9 Å². The molecule has 1 aromatic heterocycles. The van der Waals surface area contributed by atoms with E-state index in [0.29, 0.717) is 19.0 Å². The van der Waals surface area contributed by atoms with Gasteiger partial charge in [-0.2, -0.15) is 0 Å². The molecule has 2 saturated heterocycles. The largest absolute Gasteiger partial charge is 0.342 e. The summed E-state index contributed by atoms with van der Waals surface area (Å²) < 4.78 is 0. The quantitative estimate of drug-likeness (QED) is 0.676. The number of amides is 2. The summed E-state index contributed by atoms with van der Waals surface area (Å²) in [7, 11) is 0. The van der Waals surface area contributed by atoms with Gasteiger partial charge in [0.2, 0.25) is 5.91 Å². The van der Waals surface area contributed by atoms with Crippen molar-refractivity contribution >= 4 is 34.9 Å². The van der Waals surface area contributed by atoms with E-state index in [4.69, 9.17) is 0 Å². The number of benzene rings is 1. The van der Waals surface area contributed by atoms with Crippen molar-refractivity contribution in [1.82, 2.24) is 9.80 Å².